The first-order valence-electron chi connectivity index (χ1n) is 7.68. The van der Waals surface area contributed by atoms with Crippen LogP contribution in [0.2, 0.25) is 0 Å². The van der Waals surface area contributed by atoms with E-state index in [0.29, 0.717) is 0 Å². The molecule has 0 radical (unpaired) electrons. The van der Waals surface area contributed by atoms with E-state index in [1.165, 1.54) is 6.92 Å². The van der Waals surface area contributed by atoms with Gasteiger partial charge in [-0.1, -0.05) is 0 Å². The highest BCUT2D eigenvalue weighted by molar-refractivity contribution is 5.89. The Hall–Kier alpha value is -2.45. The van der Waals surface area contributed by atoms with Gasteiger partial charge in [0.25, 0.3) is 0 Å². The second-order valence-corrected chi connectivity index (χ2v) is 5.20. The fraction of sp³-hybridized carbons (Fsp3) is 0.667. The fourth-order valence-corrected chi connectivity index (χ4v) is 0.539. The SMILES string of the molecule is CC(O)C(=O)O.CC(O)C(=O)OC(=O)C(C)O.CC(O)C(=O)OC(=O)C(C)O. The van der Waals surface area contributed by atoms with E-state index < -0.39 is 60.4 Å². The Morgan fingerprint density at radius 2 is 0.643 bits per heavy atom. The van der Waals surface area contributed by atoms with Gasteiger partial charge in [0.15, 0.2) is 0 Å². The van der Waals surface area contributed by atoms with Crippen LogP contribution < -0.4 is 0 Å². The number of hydrogen-bond donors (Lipinski definition) is 6. The molecule has 0 spiro atoms. The molecule has 0 aromatic carbocycles. The van der Waals surface area contributed by atoms with Gasteiger partial charge in [0.1, 0.15) is 30.5 Å². The molecule has 5 unspecified atom stereocenters. The summed E-state index contributed by atoms with van der Waals surface area (Å²) in [6.45, 7) is 5.85. The molecule has 0 heterocycles. The van der Waals surface area contributed by atoms with Crippen molar-refractivity contribution in [2.45, 2.75) is 65.1 Å². The number of aliphatic carboxylic acids is 1. The fourth-order valence-electron chi connectivity index (χ4n) is 0.539. The number of aliphatic hydroxyl groups excluding tert-OH is 5. The van der Waals surface area contributed by atoms with Gasteiger partial charge in [0, 0.05) is 0 Å². The van der Waals surface area contributed by atoms with Gasteiger partial charge >= 0.3 is 29.8 Å². The van der Waals surface area contributed by atoms with Crippen LogP contribution in [0.15, 0.2) is 0 Å². The van der Waals surface area contributed by atoms with Crippen LogP contribution in [-0.2, 0) is 33.4 Å². The van der Waals surface area contributed by atoms with E-state index in [-0.39, 0.29) is 0 Å². The molecule has 0 saturated carbocycles. The average molecular weight is 414 g/mol. The third-order valence-electron chi connectivity index (χ3n) is 2.12. The summed E-state index contributed by atoms with van der Waals surface area (Å²) in [5, 5.41) is 49.9. The molecule has 13 heteroatoms. The first-order valence-corrected chi connectivity index (χ1v) is 7.68. The van der Waals surface area contributed by atoms with Crippen molar-refractivity contribution in [1.29, 1.82) is 0 Å². The Labute approximate surface area is 160 Å². The molecule has 0 aliphatic heterocycles. The lowest BCUT2D eigenvalue weighted by Crippen LogP contribution is -2.28. The summed E-state index contributed by atoms with van der Waals surface area (Å²) >= 11 is 0. The van der Waals surface area contributed by atoms with Crippen molar-refractivity contribution in [3.05, 3.63) is 0 Å². The number of rotatable bonds is 5. The van der Waals surface area contributed by atoms with Crippen molar-refractivity contribution in [3.8, 4) is 0 Å². The zero-order chi connectivity index (χ0) is 23.2. The van der Waals surface area contributed by atoms with Gasteiger partial charge in [-0.2, -0.15) is 0 Å². The first kappa shape index (κ1) is 30.3. The van der Waals surface area contributed by atoms with Gasteiger partial charge in [-0.05, 0) is 34.6 Å². The molecular weight excluding hydrogens is 388 g/mol. The van der Waals surface area contributed by atoms with Crippen LogP contribution in [0.25, 0.3) is 0 Å². The second-order valence-electron chi connectivity index (χ2n) is 5.20. The van der Waals surface area contributed by atoms with E-state index in [2.05, 4.69) is 9.47 Å². The smallest absolute Gasteiger partial charge is 0.342 e. The van der Waals surface area contributed by atoms with Crippen LogP contribution >= 0.6 is 0 Å². The third kappa shape index (κ3) is 18.3. The first-order chi connectivity index (χ1) is 12.5. The normalized spacial score (nSPS) is 14.9. The van der Waals surface area contributed by atoms with Gasteiger partial charge in [0.05, 0.1) is 0 Å². The molecule has 13 nitrogen and oxygen atoms in total. The van der Waals surface area contributed by atoms with Gasteiger partial charge in [-0.15, -0.1) is 0 Å². The Morgan fingerprint density at radius 1 is 0.500 bits per heavy atom. The van der Waals surface area contributed by atoms with Crippen molar-refractivity contribution in [1.82, 2.24) is 0 Å². The summed E-state index contributed by atoms with van der Waals surface area (Å²) in [4.78, 5) is 51.3. The minimum atomic E-state index is -1.35. The van der Waals surface area contributed by atoms with E-state index >= 15 is 0 Å². The lowest BCUT2D eigenvalue weighted by Gasteiger charge is -2.05. The van der Waals surface area contributed by atoms with Gasteiger partial charge in [-0.25, -0.2) is 24.0 Å². The Bertz CT molecular complexity index is 446. The van der Waals surface area contributed by atoms with Gasteiger partial charge in [-0.3, -0.25) is 0 Å². The maximum Gasteiger partial charge on any atom is 0.342 e. The molecule has 0 aliphatic carbocycles. The predicted molar refractivity (Wildman–Crippen MR) is 88.2 cm³/mol. The number of carboxylic acid groups (broad SMARTS) is 1. The summed E-state index contributed by atoms with van der Waals surface area (Å²) in [6.07, 6.45) is -6.63. The number of carbonyl (C=O) groups is 5. The summed E-state index contributed by atoms with van der Waals surface area (Å²) in [5.74, 6) is -5.42. The molecule has 6 N–H and O–H groups in total. The van der Waals surface area contributed by atoms with E-state index in [1.807, 2.05) is 0 Å². The van der Waals surface area contributed by atoms with E-state index in [4.69, 9.17) is 30.6 Å². The minimum Gasteiger partial charge on any atom is -0.479 e. The summed E-state index contributed by atoms with van der Waals surface area (Å²) in [5.41, 5.74) is 0. The molecule has 0 saturated heterocycles. The number of esters is 4. The summed E-state index contributed by atoms with van der Waals surface area (Å²) in [7, 11) is 0. The van der Waals surface area contributed by atoms with Crippen LogP contribution in [0, 0.1) is 0 Å². The van der Waals surface area contributed by atoms with Crippen LogP contribution in [0.5, 0.6) is 0 Å². The summed E-state index contributed by atoms with van der Waals surface area (Å²) < 4.78 is 7.99. The van der Waals surface area contributed by atoms with E-state index in [9.17, 15) is 24.0 Å². The molecule has 0 aromatic heterocycles. The van der Waals surface area contributed by atoms with Crippen molar-refractivity contribution in [3.63, 3.8) is 0 Å². The average Bonchev–Trinajstić information content (AvgIpc) is 2.55. The summed E-state index contributed by atoms with van der Waals surface area (Å²) in [6, 6.07) is 0. The number of carbonyl (C=O) groups excluding carboxylic acids is 4. The third-order valence-corrected chi connectivity index (χ3v) is 2.12. The second kappa shape index (κ2) is 15.6. The van der Waals surface area contributed by atoms with Crippen molar-refractivity contribution in [2.75, 3.05) is 0 Å². The standard InChI is InChI=1S/2C6H10O5.C3H6O3/c2*1-3(7)5(9)11-6(10)4(2)8;1-2(4)3(5)6/h2*3-4,7-8H,1-2H3;2,4H,1H3,(H,5,6). The maximum atomic E-state index is 10.5. The van der Waals surface area contributed by atoms with Gasteiger partial charge in [0.2, 0.25) is 0 Å². The Morgan fingerprint density at radius 3 is 0.714 bits per heavy atom. The van der Waals surface area contributed by atoms with Crippen LogP contribution in [0.4, 0.5) is 0 Å². The number of aliphatic hydroxyl groups is 5. The molecule has 5 atom stereocenters. The Balaban J connectivity index is -0.000000351. The lowest BCUT2D eigenvalue weighted by atomic mass is 10.4. The lowest BCUT2D eigenvalue weighted by molar-refractivity contribution is -0.171. The van der Waals surface area contributed by atoms with Crippen molar-refractivity contribution in [2.24, 2.45) is 0 Å². The number of hydrogen-bond acceptors (Lipinski definition) is 12. The quantitative estimate of drug-likeness (QED) is 0.196. The van der Waals surface area contributed by atoms with Crippen LogP contribution in [0.3, 0.4) is 0 Å². The number of ether oxygens (including phenoxy) is 2. The monoisotopic (exact) mass is 414 g/mol. The van der Waals surface area contributed by atoms with Gasteiger partial charge < -0.3 is 40.1 Å². The molecule has 28 heavy (non-hydrogen) atoms. The Kier molecular flexibility index (Phi) is 16.9. The highest BCUT2D eigenvalue weighted by Gasteiger charge is 2.19. The topological polar surface area (TPSA) is 225 Å². The maximum absolute atomic E-state index is 10.5. The zero-order valence-electron chi connectivity index (χ0n) is 15.9. The highest BCUT2D eigenvalue weighted by Crippen LogP contribution is 1.92. The van der Waals surface area contributed by atoms with Crippen LogP contribution in [-0.4, -0.2) is 91.0 Å². The highest BCUT2D eigenvalue weighted by atomic mass is 16.6. The molecule has 0 amide bonds. The molecule has 0 bridgehead atoms. The van der Waals surface area contributed by atoms with E-state index in [1.54, 1.807) is 0 Å². The molecule has 0 aromatic rings. The van der Waals surface area contributed by atoms with E-state index in [0.717, 1.165) is 27.7 Å². The molecule has 0 rings (SSSR count). The molecule has 164 valence electrons. The van der Waals surface area contributed by atoms with Crippen molar-refractivity contribution >= 4 is 29.8 Å². The molecule has 0 fully saturated rings. The number of carboxylic acids is 1. The zero-order valence-corrected chi connectivity index (χ0v) is 15.9. The van der Waals surface area contributed by atoms with Crippen LogP contribution in [0.1, 0.15) is 34.6 Å². The van der Waals surface area contributed by atoms with Crippen molar-refractivity contribution < 1.29 is 64.1 Å². The minimum absolute atomic E-state index is 1.06. The molecular formula is C15H26O13. The predicted octanol–water partition coefficient (Wildman–Crippen LogP) is -2.91. The molecule has 0 aliphatic rings. The largest absolute Gasteiger partial charge is 0.479 e.